The maximum atomic E-state index is 13.9. The van der Waals surface area contributed by atoms with Crippen LogP contribution >= 0.6 is 11.3 Å². The van der Waals surface area contributed by atoms with Crippen LogP contribution in [0.1, 0.15) is 60.9 Å². The minimum atomic E-state index is -0.379. The van der Waals surface area contributed by atoms with Crippen LogP contribution < -0.4 is 15.0 Å². The number of carbonyl (C=O) groups excluding carboxylic acids is 2. The maximum absolute atomic E-state index is 13.9. The molecule has 1 saturated heterocycles. The number of aromatic hydroxyl groups is 1. The molecule has 0 aliphatic carbocycles. The van der Waals surface area contributed by atoms with E-state index in [1.165, 1.54) is 30.6 Å². The number of phenolic OH excluding ortho intramolecular Hbond substituents is 1. The molecule has 3 aromatic carbocycles. The molecule has 226 valence electrons. The number of benzene rings is 3. The molecule has 8 nitrogen and oxygen atoms in total. The van der Waals surface area contributed by atoms with Gasteiger partial charge >= 0.3 is 0 Å². The topological polar surface area (TPSA) is 108 Å². The molecule has 1 aliphatic heterocycles. The monoisotopic (exact) mass is 602 g/mol. The van der Waals surface area contributed by atoms with Crippen LogP contribution in [-0.2, 0) is 4.79 Å². The summed E-state index contributed by atoms with van der Waals surface area (Å²) in [5, 5.41) is 19.5. The number of likely N-dealkylation sites (tertiary alicyclic amines) is 1. The van der Waals surface area contributed by atoms with Crippen LogP contribution in [0.2, 0.25) is 0 Å². The fourth-order valence-corrected chi connectivity index (χ4v) is 6.59. The molecular formula is C34H38N2O6S. The Bertz CT molecular complexity index is 1510. The van der Waals surface area contributed by atoms with Crippen LogP contribution in [-0.4, -0.2) is 59.8 Å². The number of unbranched alkanes of at least 4 members (excludes halogenated alkanes) is 2. The molecule has 5 rings (SSSR count). The van der Waals surface area contributed by atoms with Crippen LogP contribution in [0.15, 0.2) is 66.7 Å². The molecule has 1 fully saturated rings. The van der Waals surface area contributed by atoms with Crippen LogP contribution in [0.5, 0.6) is 17.2 Å². The normalized spacial score (nSPS) is 13.6. The summed E-state index contributed by atoms with van der Waals surface area (Å²) in [6.07, 6.45) is 6.40. The highest BCUT2D eigenvalue weighted by molar-refractivity contribution is 7.22. The van der Waals surface area contributed by atoms with E-state index in [1.54, 1.807) is 23.7 Å². The van der Waals surface area contributed by atoms with Gasteiger partial charge in [-0.1, -0.05) is 6.42 Å². The van der Waals surface area contributed by atoms with Crippen LogP contribution in [0.4, 0.5) is 0 Å². The Morgan fingerprint density at radius 1 is 0.837 bits per heavy atom. The van der Waals surface area contributed by atoms with E-state index in [2.05, 4.69) is 4.90 Å². The van der Waals surface area contributed by atoms with Crippen molar-refractivity contribution in [3.05, 3.63) is 77.9 Å². The van der Waals surface area contributed by atoms with Crippen LogP contribution in [0.3, 0.4) is 0 Å². The van der Waals surface area contributed by atoms with Crippen molar-refractivity contribution in [1.82, 2.24) is 10.4 Å². The molecule has 9 heteroatoms. The first-order valence-corrected chi connectivity index (χ1v) is 15.7. The Balaban J connectivity index is 1.26. The van der Waals surface area contributed by atoms with Gasteiger partial charge < -0.3 is 14.6 Å². The van der Waals surface area contributed by atoms with Crippen LogP contribution in [0, 0.1) is 0 Å². The van der Waals surface area contributed by atoms with E-state index in [1.807, 2.05) is 48.5 Å². The van der Waals surface area contributed by atoms with Gasteiger partial charge in [-0.3, -0.25) is 19.7 Å². The number of rotatable bonds is 14. The molecular weight excluding hydrogens is 564 g/mol. The van der Waals surface area contributed by atoms with E-state index in [9.17, 15) is 14.7 Å². The van der Waals surface area contributed by atoms with Crippen molar-refractivity contribution >= 4 is 33.1 Å². The van der Waals surface area contributed by atoms with Gasteiger partial charge in [-0.15, -0.1) is 11.3 Å². The summed E-state index contributed by atoms with van der Waals surface area (Å²) in [6, 6.07) is 20.1. The predicted molar refractivity (Wildman–Crippen MR) is 168 cm³/mol. The molecule has 0 radical (unpaired) electrons. The number of piperidine rings is 1. The van der Waals surface area contributed by atoms with Crippen molar-refractivity contribution in [2.24, 2.45) is 0 Å². The van der Waals surface area contributed by atoms with Gasteiger partial charge in [0.05, 0.1) is 6.61 Å². The highest BCUT2D eigenvalue weighted by atomic mass is 32.1. The number of thiophene rings is 1. The van der Waals surface area contributed by atoms with E-state index in [0.717, 1.165) is 64.5 Å². The van der Waals surface area contributed by atoms with Gasteiger partial charge in [-0.2, -0.15) is 0 Å². The van der Waals surface area contributed by atoms with Crippen molar-refractivity contribution in [3.8, 4) is 27.7 Å². The molecule has 4 aromatic rings. The lowest BCUT2D eigenvalue weighted by Gasteiger charge is -2.26. The second kappa shape index (κ2) is 15.0. The Morgan fingerprint density at radius 2 is 1.53 bits per heavy atom. The number of hydrogen-bond acceptors (Lipinski definition) is 8. The SMILES string of the molecule is O=C(CCCCCOc1ccc(-c2sc3cc(O)ccc3c2C(=O)c2ccc(OCCN3CCCCC3)cc2)cc1)NO. The molecule has 1 aromatic heterocycles. The van der Waals surface area contributed by atoms with Gasteiger partial charge in [0.15, 0.2) is 5.78 Å². The third kappa shape index (κ3) is 8.13. The molecule has 1 amide bonds. The smallest absolute Gasteiger partial charge is 0.243 e. The maximum Gasteiger partial charge on any atom is 0.243 e. The Labute approximate surface area is 255 Å². The molecule has 2 heterocycles. The zero-order valence-electron chi connectivity index (χ0n) is 24.2. The van der Waals surface area contributed by atoms with Crippen molar-refractivity contribution in [3.63, 3.8) is 0 Å². The Hall–Kier alpha value is -3.92. The van der Waals surface area contributed by atoms with Crippen molar-refractivity contribution in [2.75, 3.05) is 32.8 Å². The molecule has 0 spiro atoms. The molecule has 0 atom stereocenters. The Morgan fingerprint density at radius 3 is 2.26 bits per heavy atom. The van der Waals surface area contributed by atoms with Gasteiger partial charge in [0.25, 0.3) is 0 Å². The second-order valence-corrected chi connectivity index (χ2v) is 11.9. The highest BCUT2D eigenvalue weighted by Gasteiger charge is 2.22. The standard InChI is InChI=1S/C34H38N2O6S/c37-26-12-17-29-30(23-26)43-34(25-10-15-27(16-11-25)41-21-6-1-3-7-31(38)35-40)32(29)33(39)24-8-13-28(14-9-24)42-22-20-36-18-4-2-5-19-36/h8-17,23,37,40H,1-7,18-22H2,(H,35,38). The fourth-order valence-electron chi connectivity index (χ4n) is 5.35. The minimum Gasteiger partial charge on any atom is -0.508 e. The third-order valence-corrected chi connectivity index (χ3v) is 8.90. The summed E-state index contributed by atoms with van der Waals surface area (Å²) >= 11 is 1.48. The number of hydrogen-bond donors (Lipinski definition) is 3. The van der Waals surface area contributed by atoms with Crippen molar-refractivity contribution < 1.29 is 29.4 Å². The second-order valence-electron chi connectivity index (χ2n) is 10.8. The molecule has 1 aliphatic rings. The number of fused-ring (bicyclic) bond motifs is 1. The average molecular weight is 603 g/mol. The van der Waals surface area contributed by atoms with Gasteiger partial charge in [0.1, 0.15) is 23.9 Å². The molecule has 43 heavy (non-hydrogen) atoms. The lowest BCUT2D eigenvalue weighted by molar-refractivity contribution is -0.129. The van der Waals surface area contributed by atoms with Gasteiger partial charge in [0.2, 0.25) is 5.91 Å². The quantitative estimate of drug-likeness (QED) is 0.0630. The summed E-state index contributed by atoms with van der Waals surface area (Å²) in [5.41, 5.74) is 3.72. The lowest BCUT2D eigenvalue weighted by atomic mass is 9.97. The summed E-state index contributed by atoms with van der Waals surface area (Å²) in [5.74, 6) is 1.17. The van der Waals surface area contributed by atoms with Crippen molar-refractivity contribution in [2.45, 2.75) is 44.9 Å². The van der Waals surface area contributed by atoms with Crippen molar-refractivity contribution in [1.29, 1.82) is 0 Å². The zero-order valence-corrected chi connectivity index (χ0v) is 25.0. The summed E-state index contributed by atoms with van der Waals surface area (Å²) in [4.78, 5) is 28.3. The number of amides is 1. The predicted octanol–water partition coefficient (Wildman–Crippen LogP) is 6.81. The van der Waals surface area contributed by atoms with E-state index >= 15 is 0 Å². The number of carbonyl (C=O) groups is 2. The van der Waals surface area contributed by atoms with Gasteiger partial charge in [-0.05, 0) is 117 Å². The first kappa shape index (κ1) is 30.5. The molecule has 0 bridgehead atoms. The van der Waals surface area contributed by atoms with E-state index < -0.39 is 0 Å². The largest absolute Gasteiger partial charge is 0.508 e. The third-order valence-electron chi connectivity index (χ3n) is 7.70. The summed E-state index contributed by atoms with van der Waals surface area (Å²) < 4.78 is 12.7. The van der Waals surface area contributed by atoms with Gasteiger partial charge in [0, 0.05) is 39.1 Å². The van der Waals surface area contributed by atoms with E-state index in [4.69, 9.17) is 14.7 Å². The van der Waals surface area contributed by atoms with E-state index in [-0.39, 0.29) is 23.9 Å². The molecule has 0 saturated carbocycles. The number of ether oxygens (including phenoxy) is 2. The molecule has 3 N–H and O–H groups in total. The highest BCUT2D eigenvalue weighted by Crippen LogP contribution is 2.41. The first-order valence-electron chi connectivity index (χ1n) is 14.9. The minimum absolute atomic E-state index is 0.0815. The van der Waals surface area contributed by atoms with E-state index in [0.29, 0.717) is 30.8 Å². The van der Waals surface area contributed by atoms with Gasteiger partial charge in [-0.25, -0.2) is 5.48 Å². The number of ketones is 1. The number of hydroxylamine groups is 1. The molecule has 0 unspecified atom stereocenters. The number of phenols is 1. The zero-order chi connectivity index (χ0) is 30.0. The van der Waals surface area contributed by atoms with Crippen LogP contribution in [0.25, 0.3) is 20.5 Å². The number of nitrogens with zero attached hydrogens (tertiary/aromatic N) is 1. The summed E-state index contributed by atoms with van der Waals surface area (Å²) in [6.45, 7) is 4.32. The average Bonchev–Trinajstić information content (AvgIpc) is 3.42. The number of nitrogens with one attached hydrogen (secondary N) is 1. The Kier molecular flexibility index (Phi) is 10.7. The first-order chi connectivity index (χ1) is 21.0. The lowest BCUT2D eigenvalue weighted by Crippen LogP contribution is -2.33. The fraction of sp³-hybridized carbons (Fsp3) is 0.353. The summed E-state index contributed by atoms with van der Waals surface area (Å²) in [7, 11) is 0.